The van der Waals surface area contributed by atoms with Crippen LogP contribution in [0.1, 0.15) is 18.1 Å². The molecule has 0 aliphatic heterocycles. The van der Waals surface area contributed by atoms with Crippen LogP contribution in [0.2, 0.25) is 0 Å². The summed E-state index contributed by atoms with van der Waals surface area (Å²) < 4.78 is 0. The van der Waals surface area contributed by atoms with Crippen LogP contribution in [0.4, 0.5) is 0 Å². The second-order valence-corrected chi connectivity index (χ2v) is 3.34. The Morgan fingerprint density at radius 3 is 2.92 bits per heavy atom. The summed E-state index contributed by atoms with van der Waals surface area (Å²) in [5.41, 5.74) is 3.78. The molecule has 2 rings (SSSR count). The van der Waals surface area contributed by atoms with Crippen molar-refractivity contribution in [2.75, 3.05) is 0 Å². The predicted molar refractivity (Wildman–Crippen MR) is 55.9 cm³/mol. The molecule has 0 spiro atoms. The van der Waals surface area contributed by atoms with E-state index in [2.05, 4.69) is 37.0 Å². The topological polar surface area (TPSA) is 12.9 Å². The van der Waals surface area contributed by atoms with E-state index in [0.29, 0.717) is 0 Å². The summed E-state index contributed by atoms with van der Waals surface area (Å²) in [7, 11) is 0. The molecule has 0 unspecified atom stereocenters. The summed E-state index contributed by atoms with van der Waals surface area (Å²) in [6, 6.07) is 8.54. The number of aromatic nitrogens is 1. The molecule has 0 bridgehead atoms. The van der Waals surface area contributed by atoms with Gasteiger partial charge < -0.3 is 0 Å². The average molecular weight is 171 g/mol. The molecule has 0 saturated heterocycles. The van der Waals surface area contributed by atoms with Gasteiger partial charge in [-0.3, -0.25) is 4.98 Å². The van der Waals surface area contributed by atoms with Crippen molar-refractivity contribution in [1.29, 1.82) is 0 Å². The van der Waals surface area contributed by atoms with Gasteiger partial charge in [-0.15, -0.1) is 0 Å². The molecule has 0 radical (unpaired) electrons. The summed E-state index contributed by atoms with van der Waals surface area (Å²) >= 11 is 0. The van der Waals surface area contributed by atoms with Gasteiger partial charge in [-0.2, -0.15) is 0 Å². The van der Waals surface area contributed by atoms with Crippen molar-refractivity contribution in [3.63, 3.8) is 0 Å². The van der Waals surface area contributed by atoms with E-state index >= 15 is 0 Å². The molecule has 2 aromatic rings. The zero-order valence-electron chi connectivity index (χ0n) is 8.04. The van der Waals surface area contributed by atoms with Crippen LogP contribution < -0.4 is 0 Å². The lowest BCUT2D eigenvalue weighted by atomic mass is 10.0. The molecular weight excluding hydrogens is 158 g/mol. The SMILES string of the molecule is CCc1cc(C)c2ncccc2c1. The van der Waals surface area contributed by atoms with Crippen molar-refractivity contribution in [1.82, 2.24) is 4.98 Å². The molecule has 1 nitrogen and oxygen atoms in total. The third-order valence-electron chi connectivity index (χ3n) is 2.36. The first-order chi connectivity index (χ1) is 6.31. The Hall–Kier alpha value is -1.37. The number of rotatable bonds is 1. The molecule has 66 valence electrons. The van der Waals surface area contributed by atoms with Gasteiger partial charge in [0.1, 0.15) is 0 Å². The van der Waals surface area contributed by atoms with Crippen molar-refractivity contribution >= 4 is 10.9 Å². The van der Waals surface area contributed by atoms with Gasteiger partial charge in [-0.25, -0.2) is 0 Å². The standard InChI is InChI=1S/C12H13N/c1-3-10-7-9(2)12-11(8-10)5-4-6-13-12/h4-8H,3H2,1-2H3. The molecule has 0 N–H and O–H groups in total. The molecule has 0 aliphatic carbocycles. The lowest BCUT2D eigenvalue weighted by molar-refractivity contribution is 1.14. The highest BCUT2D eigenvalue weighted by molar-refractivity contribution is 5.82. The fourth-order valence-corrected chi connectivity index (χ4v) is 1.66. The molecule has 0 atom stereocenters. The minimum Gasteiger partial charge on any atom is -0.256 e. The van der Waals surface area contributed by atoms with Gasteiger partial charge in [0.15, 0.2) is 0 Å². The molecule has 0 saturated carbocycles. The van der Waals surface area contributed by atoms with Crippen LogP contribution in [0, 0.1) is 6.92 Å². The van der Waals surface area contributed by atoms with E-state index in [0.717, 1.165) is 11.9 Å². The number of hydrogen-bond acceptors (Lipinski definition) is 1. The van der Waals surface area contributed by atoms with E-state index in [1.807, 2.05) is 12.3 Å². The molecular formula is C12H13N. The third kappa shape index (κ3) is 1.42. The van der Waals surface area contributed by atoms with Crippen LogP contribution in [-0.4, -0.2) is 4.98 Å². The highest BCUT2D eigenvalue weighted by Gasteiger charge is 1.99. The first-order valence-electron chi connectivity index (χ1n) is 4.65. The van der Waals surface area contributed by atoms with Crippen LogP contribution in [0.3, 0.4) is 0 Å². The Balaban J connectivity index is 2.77. The van der Waals surface area contributed by atoms with Gasteiger partial charge in [0.05, 0.1) is 5.52 Å². The summed E-state index contributed by atoms with van der Waals surface area (Å²) in [6.45, 7) is 4.30. The van der Waals surface area contributed by atoms with Crippen LogP contribution in [-0.2, 0) is 6.42 Å². The molecule has 0 fully saturated rings. The quantitative estimate of drug-likeness (QED) is 0.642. The largest absolute Gasteiger partial charge is 0.256 e. The molecule has 0 amide bonds. The normalized spacial score (nSPS) is 10.6. The second-order valence-electron chi connectivity index (χ2n) is 3.34. The van der Waals surface area contributed by atoms with E-state index in [1.165, 1.54) is 16.5 Å². The van der Waals surface area contributed by atoms with E-state index in [4.69, 9.17) is 0 Å². The molecule has 13 heavy (non-hydrogen) atoms. The maximum absolute atomic E-state index is 4.36. The van der Waals surface area contributed by atoms with Crippen LogP contribution in [0.25, 0.3) is 10.9 Å². The summed E-state index contributed by atoms with van der Waals surface area (Å²) in [4.78, 5) is 4.36. The first-order valence-corrected chi connectivity index (χ1v) is 4.65. The van der Waals surface area contributed by atoms with Gasteiger partial charge in [0.25, 0.3) is 0 Å². The molecule has 1 aromatic heterocycles. The van der Waals surface area contributed by atoms with Crippen LogP contribution >= 0.6 is 0 Å². The average Bonchev–Trinajstić information content (AvgIpc) is 2.18. The minimum absolute atomic E-state index is 1.09. The fourth-order valence-electron chi connectivity index (χ4n) is 1.66. The maximum atomic E-state index is 4.36. The van der Waals surface area contributed by atoms with Crippen molar-refractivity contribution in [2.24, 2.45) is 0 Å². The number of benzene rings is 1. The molecule has 1 heteroatoms. The predicted octanol–water partition coefficient (Wildman–Crippen LogP) is 3.11. The van der Waals surface area contributed by atoms with E-state index in [-0.39, 0.29) is 0 Å². The Kier molecular flexibility index (Phi) is 2.01. The molecule has 0 aliphatic rings. The number of aryl methyl sites for hydroxylation is 2. The van der Waals surface area contributed by atoms with Crippen molar-refractivity contribution in [2.45, 2.75) is 20.3 Å². The number of nitrogens with zero attached hydrogens (tertiary/aromatic N) is 1. The summed E-state index contributed by atoms with van der Waals surface area (Å²) in [5.74, 6) is 0. The van der Waals surface area contributed by atoms with Gasteiger partial charge in [-0.1, -0.05) is 19.1 Å². The van der Waals surface area contributed by atoms with E-state index in [1.54, 1.807) is 0 Å². The van der Waals surface area contributed by atoms with E-state index in [9.17, 15) is 0 Å². The highest BCUT2D eigenvalue weighted by Crippen LogP contribution is 2.18. The van der Waals surface area contributed by atoms with Crippen LogP contribution in [0.5, 0.6) is 0 Å². The highest BCUT2D eigenvalue weighted by atomic mass is 14.6. The Morgan fingerprint density at radius 1 is 1.31 bits per heavy atom. The zero-order chi connectivity index (χ0) is 9.26. The van der Waals surface area contributed by atoms with Gasteiger partial charge in [-0.05, 0) is 36.6 Å². The third-order valence-corrected chi connectivity index (χ3v) is 2.36. The summed E-state index contributed by atoms with van der Waals surface area (Å²) in [6.07, 6.45) is 2.94. The zero-order valence-corrected chi connectivity index (χ0v) is 8.04. The van der Waals surface area contributed by atoms with Gasteiger partial charge >= 0.3 is 0 Å². The van der Waals surface area contributed by atoms with Crippen molar-refractivity contribution < 1.29 is 0 Å². The Bertz CT molecular complexity index is 432. The van der Waals surface area contributed by atoms with Gasteiger partial charge in [0, 0.05) is 11.6 Å². The minimum atomic E-state index is 1.09. The number of pyridine rings is 1. The van der Waals surface area contributed by atoms with Crippen molar-refractivity contribution in [3.8, 4) is 0 Å². The number of hydrogen-bond donors (Lipinski definition) is 0. The van der Waals surface area contributed by atoms with Gasteiger partial charge in [0.2, 0.25) is 0 Å². The fraction of sp³-hybridized carbons (Fsp3) is 0.250. The monoisotopic (exact) mass is 171 g/mol. The smallest absolute Gasteiger partial charge is 0.0731 e. The second kappa shape index (κ2) is 3.17. The van der Waals surface area contributed by atoms with Crippen molar-refractivity contribution in [3.05, 3.63) is 41.6 Å². The molecule has 1 heterocycles. The van der Waals surface area contributed by atoms with E-state index < -0.39 is 0 Å². The lowest BCUT2D eigenvalue weighted by Gasteiger charge is -2.03. The lowest BCUT2D eigenvalue weighted by Crippen LogP contribution is -1.86. The number of fused-ring (bicyclic) bond motifs is 1. The summed E-state index contributed by atoms with van der Waals surface area (Å²) in [5, 5.41) is 1.25. The Morgan fingerprint density at radius 2 is 2.15 bits per heavy atom. The van der Waals surface area contributed by atoms with Crippen LogP contribution in [0.15, 0.2) is 30.5 Å². The molecule has 1 aromatic carbocycles. The maximum Gasteiger partial charge on any atom is 0.0731 e. The first kappa shape index (κ1) is 8.24. The Labute approximate surface area is 78.4 Å².